The summed E-state index contributed by atoms with van der Waals surface area (Å²) in [5, 5.41) is 11.4. The molecule has 1 aromatic carbocycles. The summed E-state index contributed by atoms with van der Waals surface area (Å²) in [7, 11) is 0. The molecule has 0 heterocycles. The lowest BCUT2D eigenvalue weighted by atomic mass is 10.2. The number of carbonyl (C=O) groups excluding carboxylic acids is 1. The van der Waals surface area contributed by atoms with Crippen LogP contribution in [0.15, 0.2) is 24.3 Å². The van der Waals surface area contributed by atoms with E-state index in [0.717, 1.165) is 5.56 Å². The summed E-state index contributed by atoms with van der Waals surface area (Å²) in [4.78, 5) is 11.5. The third kappa shape index (κ3) is 6.10. The van der Waals surface area contributed by atoms with E-state index in [2.05, 4.69) is 5.32 Å². The Morgan fingerprint density at radius 2 is 2.00 bits per heavy atom. The second-order valence-electron chi connectivity index (χ2n) is 5.04. The minimum atomic E-state index is -0.517. The molecule has 5 nitrogen and oxygen atoms in total. The Kier molecular flexibility index (Phi) is 5.63. The van der Waals surface area contributed by atoms with Crippen LogP contribution in [0.25, 0.3) is 0 Å². The second kappa shape index (κ2) is 6.99. The van der Waals surface area contributed by atoms with Gasteiger partial charge in [0.15, 0.2) is 0 Å². The first-order valence-corrected chi connectivity index (χ1v) is 6.21. The molecule has 5 heteroatoms. The van der Waals surface area contributed by atoms with Crippen molar-refractivity contribution in [1.82, 2.24) is 5.32 Å². The number of ether oxygens (including phenoxy) is 2. The van der Waals surface area contributed by atoms with Crippen molar-refractivity contribution in [2.24, 2.45) is 0 Å². The molecule has 0 aromatic heterocycles. The van der Waals surface area contributed by atoms with Crippen LogP contribution in [0.5, 0.6) is 5.75 Å². The maximum atomic E-state index is 11.5. The average Bonchev–Trinajstić information content (AvgIpc) is 2.32. The quantitative estimate of drug-likeness (QED) is 0.857. The predicted molar refractivity (Wildman–Crippen MR) is 72.1 cm³/mol. The van der Waals surface area contributed by atoms with E-state index in [1.54, 1.807) is 6.07 Å². The third-order valence-electron chi connectivity index (χ3n) is 2.14. The second-order valence-corrected chi connectivity index (χ2v) is 5.04. The molecule has 0 saturated carbocycles. The van der Waals surface area contributed by atoms with Gasteiger partial charge in [-0.2, -0.15) is 0 Å². The number of alkyl carbamates (subject to hydrolysis) is 1. The smallest absolute Gasteiger partial charge is 0.407 e. The molecule has 1 rings (SSSR count). The molecule has 0 spiro atoms. The Balaban J connectivity index is 2.55. The SMILES string of the molecule is CC(C)(C)OC(=O)NCc1ccccc1OCCO. The van der Waals surface area contributed by atoms with Crippen molar-refractivity contribution in [1.29, 1.82) is 0 Å². The van der Waals surface area contributed by atoms with Crippen LogP contribution >= 0.6 is 0 Å². The van der Waals surface area contributed by atoms with Crippen molar-refractivity contribution >= 4 is 6.09 Å². The van der Waals surface area contributed by atoms with Crippen LogP contribution in [0.2, 0.25) is 0 Å². The zero-order chi connectivity index (χ0) is 14.3. The van der Waals surface area contributed by atoms with Gasteiger partial charge in [-0.1, -0.05) is 18.2 Å². The lowest BCUT2D eigenvalue weighted by Crippen LogP contribution is -2.32. The minimum Gasteiger partial charge on any atom is -0.491 e. The van der Waals surface area contributed by atoms with Gasteiger partial charge in [-0.3, -0.25) is 0 Å². The van der Waals surface area contributed by atoms with Gasteiger partial charge in [-0.05, 0) is 26.8 Å². The summed E-state index contributed by atoms with van der Waals surface area (Å²) in [5.74, 6) is 0.646. The Bertz CT molecular complexity index is 412. The molecule has 0 aliphatic rings. The van der Waals surface area contributed by atoms with Gasteiger partial charge in [0.1, 0.15) is 18.0 Å². The molecular formula is C14H21NO4. The monoisotopic (exact) mass is 267 g/mol. The number of amides is 1. The van der Waals surface area contributed by atoms with Gasteiger partial charge in [0.2, 0.25) is 0 Å². The van der Waals surface area contributed by atoms with Gasteiger partial charge in [0, 0.05) is 12.1 Å². The highest BCUT2D eigenvalue weighted by Gasteiger charge is 2.16. The van der Waals surface area contributed by atoms with Gasteiger partial charge in [0.05, 0.1) is 6.61 Å². The maximum absolute atomic E-state index is 11.5. The first-order chi connectivity index (χ1) is 8.92. The van der Waals surface area contributed by atoms with E-state index >= 15 is 0 Å². The Morgan fingerprint density at radius 1 is 1.32 bits per heavy atom. The molecule has 2 N–H and O–H groups in total. The molecule has 0 atom stereocenters. The van der Waals surface area contributed by atoms with Crippen LogP contribution in [0.4, 0.5) is 4.79 Å². The molecular weight excluding hydrogens is 246 g/mol. The fraction of sp³-hybridized carbons (Fsp3) is 0.500. The lowest BCUT2D eigenvalue weighted by Gasteiger charge is -2.20. The molecule has 0 unspecified atom stereocenters. The first kappa shape index (κ1) is 15.3. The average molecular weight is 267 g/mol. The van der Waals surface area contributed by atoms with E-state index in [4.69, 9.17) is 14.6 Å². The summed E-state index contributed by atoms with van der Waals surface area (Å²) < 4.78 is 10.5. The normalized spacial score (nSPS) is 10.9. The van der Waals surface area contributed by atoms with E-state index in [-0.39, 0.29) is 13.2 Å². The highest BCUT2D eigenvalue weighted by Crippen LogP contribution is 2.17. The van der Waals surface area contributed by atoms with Gasteiger partial charge in [-0.15, -0.1) is 0 Å². The Hall–Kier alpha value is -1.75. The zero-order valence-electron chi connectivity index (χ0n) is 11.6. The molecule has 1 amide bonds. The number of para-hydroxylation sites is 1. The van der Waals surface area contributed by atoms with E-state index in [1.165, 1.54) is 0 Å². The largest absolute Gasteiger partial charge is 0.491 e. The fourth-order valence-electron chi connectivity index (χ4n) is 1.43. The molecule has 0 saturated heterocycles. The molecule has 0 radical (unpaired) electrons. The number of nitrogens with one attached hydrogen (secondary N) is 1. The number of benzene rings is 1. The molecule has 106 valence electrons. The van der Waals surface area contributed by atoms with Gasteiger partial charge in [0.25, 0.3) is 0 Å². The van der Waals surface area contributed by atoms with Crippen molar-refractivity contribution in [3.05, 3.63) is 29.8 Å². The molecule has 19 heavy (non-hydrogen) atoms. The lowest BCUT2D eigenvalue weighted by molar-refractivity contribution is 0.0523. The summed E-state index contributed by atoms with van der Waals surface area (Å²) >= 11 is 0. The summed E-state index contributed by atoms with van der Waals surface area (Å²) in [6, 6.07) is 7.34. The highest BCUT2D eigenvalue weighted by atomic mass is 16.6. The van der Waals surface area contributed by atoms with E-state index in [1.807, 2.05) is 39.0 Å². The molecule has 0 aliphatic carbocycles. The van der Waals surface area contributed by atoms with Crippen molar-refractivity contribution in [3.8, 4) is 5.75 Å². The van der Waals surface area contributed by atoms with E-state index in [0.29, 0.717) is 12.3 Å². The number of rotatable bonds is 5. The van der Waals surface area contributed by atoms with Crippen molar-refractivity contribution in [3.63, 3.8) is 0 Å². The highest BCUT2D eigenvalue weighted by molar-refractivity contribution is 5.67. The third-order valence-corrected chi connectivity index (χ3v) is 2.14. The summed E-state index contributed by atoms with van der Waals surface area (Å²) in [6.45, 7) is 5.93. The van der Waals surface area contributed by atoms with Crippen LogP contribution in [0, 0.1) is 0 Å². The van der Waals surface area contributed by atoms with Gasteiger partial charge >= 0.3 is 6.09 Å². The maximum Gasteiger partial charge on any atom is 0.407 e. The van der Waals surface area contributed by atoms with E-state index in [9.17, 15) is 4.79 Å². The van der Waals surface area contributed by atoms with Crippen LogP contribution in [-0.2, 0) is 11.3 Å². The Labute approximate surface area is 113 Å². The van der Waals surface area contributed by atoms with Crippen LogP contribution < -0.4 is 10.1 Å². The standard InChI is InChI=1S/C14H21NO4/c1-14(2,3)19-13(17)15-10-11-6-4-5-7-12(11)18-9-8-16/h4-7,16H,8-10H2,1-3H3,(H,15,17). The first-order valence-electron chi connectivity index (χ1n) is 6.21. The van der Waals surface area contributed by atoms with Gasteiger partial charge in [-0.25, -0.2) is 4.79 Å². The number of aliphatic hydroxyl groups is 1. The number of carbonyl (C=O) groups is 1. The van der Waals surface area contributed by atoms with Crippen molar-refractivity contribution < 1.29 is 19.4 Å². The molecule has 1 aromatic rings. The van der Waals surface area contributed by atoms with Crippen molar-refractivity contribution in [2.45, 2.75) is 32.9 Å². The summed E-state index contributed by atoms with van der Waals surface area (Å²) in [5.41, 5.74) is 0.318. The van der Waals surface area contributed by atoms with Crippen LogP contribution in [0.1, 0.15) is 26.3 Å². The fourth-order valence-corrected chi connectivity index (χ4v) is 1.43. The molecule has 0 fully saturated rings. The van der Waals surface area contributed by atoms with Crippen LogP contribution in [-0.4, -0.2) is 30.0 Å². The van der Waals surface area contributed by atoms with E-state index < -0.39 is 11.7 Å². The predicted octanol–water partition coefficient (Wildman–Crippen LogP) is 2.08. The van der Waals surface area contributed by atoms with Gasteiger partial charge < -0.3 is 19.9 Å². The minimum absolute atomic E-state index is 0.0478. The number of hydrogen-bond donors (Lipinski definition) is 2. The number of hydrogen-bond acceptors (Lipinski definition) is 4. The van der Waals surface area contributed by atoms with Crippen molar-refractivity contribution in [2.75, 3.05) is 13.2 Å². The molecule has 0 bridgehead atoms. The number of aliphatic hydroxyl groups excluding tert-OH is 1. The summed E-state index contributed by atoms with van der Waals surface area (Å²) in [6.07, 6.45) is -0.468. The Morgan fingerprint density at radius 3 is 2.63 bits per heavy atom. The zero-order valence-corrected chi connectivity index (χ0v) is 11.6. The topological polar surface area (TPSA) is 67.8 Å². The molecule has 0 aliphatic heterocycles. The van der Waals surface area contributed by atoms with Crippen LogP contribution in [0.3, 0.4) is 0 Å².